The third-order valence-corrected chi connectivity index (χ3v) is 6.72. The van der Waals surface area contributed by atoms with Crippen molar-refractivity contribution in [1.29, 1.82) is 5.41 Å². The number of nitrogens with two attached hydrogens (primary N) is 1. The number of nitrogen functional groups attached to an aromatic ring is 1. The molecule has 2 amide bonds. The average molecular weight is 498 g/mol. The number of nitrogens with one attached hydrogen (secondary N) is 3. The first-order valence-corrected chi connectivity index (χ1v) is 12.2. The number of benzene rings is 3. The summed E-state index contributed by atoms with van der Waals surface area (Å²) in [6.07, 6.45) is 3.66. The molecule has 0 spiro atoms. The molecular weight excluding hydrogens is 469 g/mol. The molecule has 0 bridgehead atoms. The Morgan fingerprint density at radius 1 is 1.05 bits per heavy atom. The highest BCUT2D eigenvalue weighted by molar-refractivity contribution is 6.45. The van der Waals surface area contributed by atoms with Crippen LogP contribution in [-0.2, 0) is 11.8 Å². The smallest absolute Gasteiger partial charge is 0.270 e. The van der Waals surface area contributed by atoms with E-state index in [-0.39, 0.29) is 29.5 Å². The number of aromatic nitrogens is 1. The van der Waals surface area contributed by atoms with Crippen LogP contribution in [0, 0.1) is 11.2 Å². The molecule has 37 heavy (non-hydrogen) atoms. The molecule has 5 N–H and O–H groups in total. The molecule has 7 nitrogen and oxygen atoms in total. The van der Waals surface area contributed by atoms with Gasteiger partial charge in [0.1, 0.15) is 11.5 Å². The summed E-state index contributed by atoms with van der Waals surface area (Å²) in [5, 5.41) is 14.8. The van der Waals surface area contributed by atoms with Gasteiger partial charge in [0.15, 0.2) is 0 Å². The van der Waals surface area contributed by atoms with Crippen LogP contribution in [0.2, 0.25) is 0 Å². The van der Waals surface area contributed by atoms with Gasteiger partial charge in [-0.2, -0.15) is 0 Å². The number of anilines is 1. The Kier molecular flexibility index (Phi) is 6.25. The van der Waals surface area contributed by atoms with Gasteiger partial charge in [0.05, 0.1) is 11.6 Å². The molecule has 1 aromatic heterocycles. The Balaban J connectivity index is 1.42. The molecule has 1 saturated carbocycles. The molecule has 1 fully saturated rings. The molecule has 3 aromatic carbocycles. The summed E-state index contributed by atoms with van der Waals surface area (Å²) in [5.74, 6) is -1.03. The van der Waals surface area contributed by atoms with Crippen molar-refractivity contribution in [2.24, 2.45) is 7.05 Å². The van der Waals surface area contributed by atoms with Crippen molar-refractivity contribution < 1.29 is 14.0 Å². The van der Waals surface area contributed by atoms with Gasteiger partial charge in [-0.15, -0.1) is 0 Å². The van der Waals surface area contributed by atoms with Crippen LogP contribution < -0.4 is 16.4 Å². The first kappa shape index (κ1) is 24.2. The first-order valence-electron chi connectivity index (χ1n) is 12.2. The second-order valence-electron chi connectivity index (χ2n) is 9.56. The van der Waals surface area contributed by atoms with E-state index in [1.54, 1.807) is 30.5 Å². The highest BCUT2D eigenvalue weighted by Gasteiger charge is 2.26. The normalized spacial score (nSPS) is 13.8. The van der Waals surface area contributed by atoms with Gasteiger partial charge < -0.3 is 20.9 Å². The van der Waals surface area contributed by atoms with Crippen molar-refractivity contribution in [1.82, 2.24) is 15.2 Å². The fourth-order valence-electron chi connectivity index (χ4n) is 4.46. The highest BCUT2D eigenvalue weighted by Crippen LogP contribution is 2.30. The Labute approximate surface area is 214 Å². The molecule has 1 aliphatic rings. The van der Waals surface area contributed by atoms with Crippen LogP contribution in [0.3, 0.4) is 0 Å². The van der Waals surface area contributed by atoms with Crippen LogP contribution >= 0.6 is 0 Å². The summed E-state index contributed by atoms with van der Waals surface area (Å²) in [4.78, 5) is 25.5. The monoisotopic (exact) mass is 497 g/mol. The van der Waals surface area contributed by atoms with E-state index >= 15 is 0 Å². The zero-order valence-corrected chi connectivity index (χ0v) is 20.6. The van der Waals surface area contributed by atoms with E-state index in [2.05, 4.69) is 10.6 Å². The predicted molar refractivity (Wildman–Crippen MR) is 143 cm³/mol. The minimum Gasteiger partial charge on any atom is -0.398 e. The number of hydrogen-bond donors (Lipinski definition) is 4. The largest absolute Gasteiger partial charge is 0.398 e. The van der Waals surface area contributed by atoms with Gasteiger partial charge in [0.25, 0.3) is 11.8 Å². The van der Waals surface area contributed by atoms with E-state index in [4.69, 9.17) is 11.1 Å². The van der Waals surface area contributed by atoms with Gasteiger partial charge in [-0.1, -0.05) is 24.3 Å². The van der Waals surface area contributed by atoms with Crippen LogP contribution in [0.15, 0.2) is 66.9 Å². The lowest BCUT2D eigenvalue weighted by Gasteiger charge is -2.14. The topological polar surface area (TPSA) is 113 Å². The fourth-order valence-corrected chi connectivity index (χ4v) is 4.46. The number of fused-ring (bicyclic) bond motifs is 1. The number of aryl methyl sites for hydroxylation is 1. The lowest BCUT2D eigenvalue weighted by atomic mass is 9.98. The van der Waals surface area contributed by atoms with Gasteiger partial charge in [-0.25, -0.2) is 4.39 Å². The predicted octanol–water partition coefficient (Wildman–Crippen LogP) is 4.70. The molecule has 188 valence electrons. The van der Waals surface area contributed by atoms with E-state index in [9.17, 15) is 14.0 Å². The maximum atomic E-state index is 13.6. The van der Waals surface area contributed by atoms with E-state index < -0.39 is 5.91 Å². The van der Waals surface area contributed by atoms with Crippen LogP contribution in [0.1, 0.15) is 47.3 Å². The third-order valence-electron chi connectivity index (χ3n) is 6.72. The standard InChI is InChI=1S/C29H28FN5O2/c1-16(17-4-3-5-20(30)12-17)33-28(36)24-15-35(2)26-11-7-18(13-23(24)26)19-6-10-22(25(31)14-19)27(32)29(37)34-21-8-9-21/h3-7,10-16,21,32H,8-9,31H2,1-2H3,(H,33,36)(H,34,37). The molecular formula is C29H28FN5O2. The van der Waals surface area contributed by atoms with Crippen molar-refractivity contribution in [3.63, 3.8) is 0 Å². The fraction of sp³-hybridized carbons (Fsp3) is 0.207. The van der Waals surface area contributed by atoms with Crippen LogP contribution in [0.4, 0.5) is 10.1 Å². The number of nitrogens with zero attached hydrogens (tertiary/aromatic N) is 1. The van der Waals surface area contributed by atoms with E-state index in [1.165, 1.54) is 12.1 Å². The highest BCUT2D eigenvalue weighted by atomic mass is 19.1. The summed E-state index contributed by atoms with van der Waals surface area (Å²) in [7, 11) is 1.87. The average Bonchev–Trinajstić information content (AvgIpc) is 3.63. The molecule has 8 heteroatoms. The number of carbonyl (C=O) groups excluding carboxylic acids is 2. The molecule has 1 atom stereocenters. The second-order valence-corrected chi connectivity index (χ2v) is 9.56. The molecule has 1 unspecified atom stereocenters. The van der Waals surface area contributed by atoms with Crippen molar-refractivity contribution in [2.75, 3.05) is 5.73 Å². The van der Waals surface area contributed by atoms with Crippen LogP contribution in [0.25, 0.3) is 22.0 Å². The zero-order valence-electron chi connectivity index (χ0n) is 20.6. The first-order chi connectivity index (χ1) is 17.7. The Bertz CT molecular complexity index is 1550. The number of hydrogen-bond acceptors (Lipinski definition) is 4. The number of halogens is 1. The molecule has 0 saturated heterocycles. The van der Waals surface area contributed by atoms with Crippen LogP contribution in [0.5, 0.6) is 0 Å². The summed E-state index contributed by atoms with van der Waals surface area (Å²) in [6, 6.07) is 17.0. The van der Waals surface area contributed by atoms with E-state index in [0.29, 0.717) is 22.4 Å². The number of amides is 2. The van der Waals surface area contributed by atoms with Crippen molar-refractivity contribution in [3.05, 3.63) is 89.4 Å². The zero-order chi connectivity index (χ0) is 26.3. The van der Waals surface area contributed by atoms with Gasteiger partial charge in [0.2, 0.25) is 0 Å². The molecule has 1 heterocycles. The maximum absolute atomic E-state index is 13.6. The maximum Gasteiger partial charge on any atom is 0.270 e. The Hall–Kier alpha value is -4.46. The van der Waals surface area contributed by atoms with Gasteiger partial charge >= 0.3 is 0 Å². The molecule has 1 aliphatic carbocycles. The molecule has 5 rings (SSSR count). The lowest BCUT2D eigenvalue weighted by Crippen LogP contribution is -2.33. The number of carbonyl (C=O) groups is 2. The summed E-state index contributed by atoms with van der Waals surface area (Å²) in [6.45, 7) is 1.82. The van der Waals surface area contributed by atoms with Crippen molar-refractivity contribution in [2.45, 2.75) is 31.8 Å². The molecule has 4 aromatic rings. The van der Waals surface area contributed by atoms with E-state index in [1.807, 2.05) is 42.8 Å². The summed E-state index contributed by atoms with van der Waals surface area (Å²) in [5.41, 5.74) is 10.5. The van der Waals surface area contributed by atoms with E-state index in [0.717, 1.165) is 34.9 Å². The Morgan fingerprint density at radius 3 is 2.49 bits per heavy atom. The summed E-state index contributed by atoms with van der Waals surface area (Å²) >= 11 is 0. The second kappa shape index (κ2) is 9.54. The number of rotatable bonds is 7. The quantitative estimate of drug-likeness (QED) is 0.219. The van der Waals surface area contributed by atoms with Gasteiger partial charge in [0, 0.05) is 41.4 Å². The van der Waals surface area contributed by atoms with Crippen molar-refractivity contribution in [3.8, 4) is 11.1 Å². The minimum atomic E-state index is -0.421. The van der Waals surface area contributed by atoms with Gasteiger partial charge in [-0.05, 0) is 72.9 Å². The van der Waals surface area contributed by atoms with Crippen LogP contribution in [-0.4, -0.2) is 28.1 Å². The van der Waals surface area contributed by atoms with Gasteiger partial charge in [-0.3, -0.25) is 15.0 Å². The van der Waals surface area contributed by atoms with Crippen molar-refractivity contribution >= 4 is 34.1 Å². The lowest BCUT2D eigenvalue weighted by molar-refractivity contribution is -0.114. The molecule has 0 aliphatic heterocycles. The SMILES string of the molecule is CC(NC(=O)c1cn(C)c2ccc(-c3ccc(C(=N)C(=O)NC4CC4)c(N)c3)cc12)c1cccc(F)c1. The Morgan fingerprint density at radius 2 is 1.78 bits per heavy atom. The third kappa shape index (κ3) is 4.95. The molecule has 0 radical (unpaired) electrons. The summed E-state index contributed by atoms with van der Waals surface area (Å²) < 4.78 is 15.5. The minimum absolute atomic E-state index is 0.152.